The van der Waals surface area contributed by atoms with E-state index in [0.717, 1.165) is 22.0 Å². The molecule has 1 unspecified atom stereocenters. The molecule has 1 aromatic heterocycles. The molecule has 2 rings (SSSR count). The third kappa shape index (κ3) is 3.04. The van der Waals surface area contributed by atoms with Gasteiger partial charge in [-0.15, -0.1) is 11.8 Å². The van der Waals surface area contributed by atoms with Crippen LogP contribution in [0.3, 0.4) is 0 Å². The lowest BCUT2D eigenvalue weighted by Gasteiger charge is -2.15. The van der Waals surface area contributed by atoms with Crippen molar-refractivity contribution in [1.82, 2.24) is 4.98 Å². The lowest BCUT2D eigenvalue weighted by Crippen LogP contribution is -2.24. The molecule has 0 N–H and O–H groups in total. The van der Waals surface area contributed by atoms with Crippen LogP contribution in [0.15, 0.2) is 24.4 Å². The molecule has 1 atom stereocenters. The van der Waals surface area contributed by atoms with E-state index in [9.17, 15) is 4.79 Å². The fraction of sp³-hybridized carbons (Fsp3) is 0.333. The molecule has 0 fully saturated rings. The molecule has 0 saturated carbocycles. The van der Waals surface area contributed by atoms with Gasteiger partial charge in [0.25, 0.3) is 0 Å². The largest absolute Gasteiger partial charge is 0.468 e. The molecule has 0 aliphatic carbocycles. The van der Waals surface area contributed by atoms with E-state index in [-0.39, 0.29) is 0 Å². The topological polar surface area (TPSA) is 48.4 Å². The highest BCUT2D eigenvalue weighted by Gasteiger charge is 2.20. The highest BCUT2D eigenvalue weighted by Crippen LogP contribution is 2.26. The zero-order chi connectivity index (χ0) is 14.7. The number of methoxy groups -OCH3 is 1. The minimum atomic E-state index is -0.658. The van der Waals surface area contributed by atoms with Crippen LogP contribution in [0.2, 0.25) is 0 Å². The van der Waals surface area contributed by atoms with Gasteiger partial charge in [-0.2, -0.15) is 0 Å². The molecule has 0 bridgehead atoms. The first-order valence-corrected chi connectivity index (χ1v) is 7.48. The molecule has 1 heterocycles. The predicted molar refractivity (Wildman–Crippen MR) is 81.2 cm³/mol. The van der Waals surface area contributed by atoms with Gasteiger partial charge in [-0.05, 0) is 49.4 Å². The van der Waals surface area contributed by atoms with Crippen molar-refractivity contribution in [2.45, 2.75) is 19.3 Å². The minimum Gasteiger partial charge on any atom is -0.468 e. The normalized spacial score (nSPS) is 12.2. The maximum absolute atomic E-state index is 11.6. The summed E-state index contributed by atoms with van der Waals surface area (Å²) < 4.78 is 10.4. The van der Waals surface area contributed by atoms with Gasteiger partial charge in [0.05, 0.1) is 12.6 Å². The highest BCUT2D eigenvalue weighted by atomic mass is 32.2. The van der Waals surface area contributed by atoms with Crippen LogP contribution < -0.4 is 4.74 Å². The zero-order valence-corrected chi connectivity index (χ0v) is 12.8. The summed E-state index contributed by atoms with van der Waals surface area (Å²) in [7, 11) is 1.35. The van der Waals surface area contributed by atoms with Crippen LogP contribution in [0.25, 0.3) is 10.9 Å². The molecule has 0 saturated heterocycles. The van der Waals surface area contributed by atoms with E-state index in [1.807, 2.05) is 32.2 Å². The summed E-state index contributed by atoms with van der Waals surface area (Å²) in [6.07, 6.45) is 3.65. The third-order valence-corrected chi connectivity index (χ3v) is 3.65. The van der Waals surface area contributed by atoms with Crippen molar-refractivity contribution < 1.29 is 14.3 Å². The van der Waals surface area contributed by atoms with Crippen LogP contribution in [0.1, 0.15) is 11.1 Å². The first kappa shape index (κ1) is 14.7. The maximum atomic E-state index is 11.6. The summed E-state index contributed by atoms with van der Waals surface area (Å²) in [5.41, 5.74) is 2.39. The minimum absolute atomic E-state index is 0.391. The number of carbonyl (C=O) groups is 1. The number of carbonyl (C=O) groups excluding carboxylic acids is 1. The SMILES string of the molecule is COC(=O)C(Oc1cc(C)c2ncc(C)cc2c1)SC. The number of thioether (sulfide) groups is 1. The van der Waals surface area contributed by atoms with Gasteiger partial charge in [0.1, 0.15) is 5.75 Å². The Balaban J connectivity index is 2.37. The van der Waals surface area contributed by atoms with Crippen molar-refractivity contribution in [3.05, 3.63) is 35.5 Å². The number of fused-ring (bicyclic) bond motifs is 1. The molecule has 20 heavy (non-hydrogen) atoms. The standard InChI is InChI=1S/C15H17NO3S/c1-9-5-11-7-12(6-10(2)13(11)16-8-9)19-15(20-4)14(17)18-3/h5-8,15H,1-4H3. The number of rotatable bonds is 4. The van der Waals surface area contributed by atoms with Gasteiger partial charge >= 0.3 is 5.97 Å². The monoisotopic (exact) mass is 291 g/mol. The number of benzene rings is 1. The van der Waals surface area contributed by atoms with E-state index in [1.165, 1.54) is 18.9 Å². The van der Waals surface area contributed by atoms with E-state index in [1.54, 1.807) is 6.26 Å². The molecule has 5 heteroatoms. The molecule has 4 nitrogen and oxygen atoms in total. The van der Waals surface area contributed by atoms with Gasteiger partial charge in [-0.1, -0.05) is 0 Å². The molecule has 1 aromatic carbocycles. The van der Waals surface area contributed by atoms with Gasteiger partial charge in [0.15, 0.2) is 0 Å². The Morgan fingerprint density at radius 3 is 2.70 bits per heavy atom. The van der Waals surface area contributed by atoms with Crippen molar-refractivity contribution in [1.29, 1.82) is 0 Å². The second-order valence-corrected chi connectivity index (χ2v) is 5.43. The highest BCUT2D eigenvalue weighted by molar-refractivity contribution is 7.99. The van der Waals surface area contributed by atoms with E-state index in [0.29, 0.717) is 5.75 Å². The maximum Gasteiger partial charge on any atom is 0.357 e. The molecule has 0 aliphatic rings. The summed E-state index contributed by atoms with van der Waals surface area (Å²) >= 11 is 1.30. The van der Waals surface area contributed by atoms with Crippen molar-refractivity contribution in [2.24, 2.45) is 0 Å². The van der Waals surface area contributed by atoms with Crippen molar-refractivity contribution >= 4 is 28.6 Å². The van der Waals surface area contributed by atoms with Crippen LogP contribution in [0, 0.1) is 13.8 Å². The average Bonchev–Trinajstić information content (AvgIpc) is 2.43. The second-order valence-electron chi connectivity index (χ2n) is 4.53. The van der Waals surface area contributed by atoms with Gasteiger partial charge in [0.2, 0.25) is 5.44 Å². The Labute approximate surface area is 122 Å². The van der Waals surface area contributed by atoms with Crippen LogP contribution in [-0.4, -0.2) is 29.8 Å². The molecular formula is C15H17NO3S. The third-order valence-electron chi connectivity index (χ3n) is 2.93. The molecule has 106 valence electrons. The summed E-state index contributed by atoms with van der Waals surface area (Å²) in [4.78, 5) is 16.0. The number of ether oxygens (including phenoxy) is 2. The Kier molecular flexibility index (Phi) is 4.49. The summed E-state index contributed by atoms with van der Waals surface area (Å²) in [5.74, 6) is 0.254. The summed E-state index contributed by atoms with van der Waals surface area (Å²) in [6.45, 7) is 3.97. The van der Waals surface area contributed by atoms with Crippen LogP contribution in [0.5, 0.6) is 5.75 Å². The zero-order valence-electron chi connectivity index (χ0n) is 12.0. The van der Waals surface area contributed by atoms with Gasteiger partial charge < -0.3 is 9.47 Å². The van der Waals surface area contributed by atoms with E-state index in [2.05, 4.69) is 11.1 Å². The van der Waals surface area contributed by atoms with Gasteiger partial charge in [0, 0.05) is 11.6 Å². The molecule has 0 radical (unpaired) electrons. The van der Waals surface area contributed by atoms with Crippen molar-refractivity contribution in [3.63, 3.8) is 0 Å². The number of esters is 1. The number of aryl methyl sites for hydroxylation is 2. The van der Waals surface area contributed by atoms with Crippen molar-refractivity contribution in [2.75, 3.05) is 13.4 Å². The van der Waals surface area contributed by atoms with Crippen molar-refractivity contribution in [3.8, 4) is 5.75 Å². The molecular weight excluding hydrogens is 274 g/mol. The van der Waals surface area contributed by atoms with Crippen LogP contribution in [-0.2, 0) is 9.53 Å². The van der Waals surface area contributed by atoms with E-state index < -0.39 is 11.4 Å². The number of nitrogens with zero attached hydrogens (tertiary/aromatic N) is 1. The van der Waals surface area contributed by atoms with Crippen LogP contribution in [0.4, 0.5) is 0 Å². The Bertz CT molecular complexity index is 642. The first-order chi connectivity index (χ1) is 9.55. The number of hydrogen-bond acceptors (Lipinski definition) is 5. The lowest BCUT2D eigenvalue weighted by atomic mass is 10.1. The number of hydrogen-bond donors (Lipinski definition) is 0. The van der Waals surface area contributed by atoms with Gasteiger partial charge in [-0.25, -0.2) is 4.79 Å². The molecule has 2 aromatic rings. The second kappa shape index (κ2) is 6.13. The average molecular weight is 291 g/mol. The van der Waals surface area contributed by atoms with E-state index >= 15 is 0 Å². The molecule has 0 amide bonds. The smallest absolute Gasteiger partial charge is 0.357 e. The number of aromatic nitrogens is 1. The van der Waals surface area contributed by atoms with Gasteiger partial charge in [-0.3, -0.25) is 4.98 Å². The molecule has 0 spiro atoms. The molecule has 0 aliphatic heterocycles. The Morgan fingerprint density at radius 2 is 2.05 bits per heavy atom. The van der Waals surface area contributed by atoms with E-state index in [4.69, 9.17) is 9.47 Å². The lowest BCUT2D eigenvalue weighted by molar-refractivity contribution is -0.144. The fourth-order valence-corrected chi connectivity index (χ4v) is 2.48. The Hall–Kier alpha value is -1.75. The summed E-state index contributed by atoms with van der Waals surface area (Å²) in [6, 6.07) is 5.83. The number of pyridine rings is 1. The fourth-order valence-electron chi connectivity index (χ4n) is 1.99. The van der Waals surface area contributed by atoms with Crippen LogP contribution >= 0.6 is 11.8 Å². The predicted octanol–water partition coefficient (Wildman–Crippen LogP) is 3.09. The first-order valence-electron chi connectivity index (χ1n) is 6.19. The summed E-state index contributed by atoms with van der Waals surface area (Å²) in [5, 5.41) is 1.00. The quantitative estimate of drug-likeness (QED) is 0.640. The Morgan fingerprint density at radius 1 is 1.30 bits per heavy atom.